The van der Waals surface area contributed by atoms with Crippen molar-refractivity contribution in [2.75, 3.05) is 12.4 Å². The summed E-state index contributed by atoms with van der Waals surface area (Å²) >= 11 is 0. The fourth-order valence-electron chi connectivity index (χ4n) is 3.29. The highest BCUT2D eigenvalue weighted by Crippen LogP contribution is 2.34. The molecule has 0 aromatic heterocycles. The number of ether oxygens (including phenoxy) is 2. The van der Waals surface area contributed by atoms with Gasteiger partial charge in [-0.3, -0.25) is 5.32 Å². The number of carboxylic acid groups (broad SMARTS) is 1. The van der Waals surface area contributed by atoms with Crippen molar-refractivity contribution in [3.05, 3.63) is 78.4 Å². The Morgan fingerprint density at radius 2 is 1.81 bits per heavy atom. The first-order valence-corrected chi connectivity index (χ1v) is 9.62. The van der Waals surface area contributed by atoms with E-state index in [1.807, 2.05) is 36.4 Å². The number of carboxylic acids is 1. The molecule has 3 aromatic carbocycles. The number of hydrogen-bond acceptors (Lipinski definition) is 5. The van der Waals surface area contributed by atoms with Gasteiger partial charge in [0.25, 0.3) is 0 Å². The van der Waals surface area contributed by atoms with E-state index >= 15 is 0 Å². The SMILES string of the molecule is COc1ccc([C@@H](OC(=O)Nc2cccc3ccccc23)[C@@H](C)/C=C/C(=O)O)cc1O. The number of hydrogen-bond donors (Lipinski definition) is 3. The van der Waals surface area contributed by atoms with E-state index in [0.717, 1.165) is 16.8 Å². The van der Waals surface area contributed by atoms with Crippen LogP contribution in [0.1, 0.15) is 18.6 Å². The summed E-state index contributed by atoms with van der Waals surface area (Å²) in [6.45, 7) is 1.72. The highest BCUT2D eigenvalue weighted by Gasteiger charge is 2.24. The number of aromatic hydroxyl groups is 1. The van der Waals surface area contributed by atoms with Crippen molar-refractivity contribution in [2.24, 2.45) is 5.92 Å². The van der Waals surface area contributed by atoms with Crippen LogP contribution in [-0.2, 0) is 9.53 Å². The van der Waals surface area contributed by atoms with Crippen molar-refractivity contribution < 1.29 is 29.3 Å². The molecule has 0 heterocycles. The van der Waals surface area contributed by atoms with Crippen LogP contribution in [0.5, 0.6) is 11.5 Å². The summed E-state index contributed by atoms with van der Waals surface area (Å²) in [5, 5.41) is 23.7. The van der Waals surface area contributed by atoms with Gasteiger partial charge in [-0.15, -0.1) is 0 Å². The average molecular weight is 421 g/mol. The molecule has 7 nitrogen and oxygen atoms in total. The highest BCUT2D eigenvalue weighted by molar-refractivity contribution is 6.00. The maximum absolute atomic E-state index is 12.7. The van der Waals surface area contributed by atoms with Gasteiger partial charge in [-0.05, 0) is 29.1 Å². The van der Waals surface area contributed by atoms with Crippen LogP contribution in [0.4, 0.5) is 10.5 Å². The van der Waals surface area contributed by atoms with E-state index in [4.69, 9.17) is 14.6 Å². The standard InChI is InChI=1S/C24H23NO6/c1-15(10-13-22(27)28)23(17-11-12-21(30-2)20(26)14-17)31-24(29)25-19-9-5-7-16-6-3-4-8-18(16)19/h3-15,23,26H,1-2H3,(H,25,29)(H,27,28)/b13-10+/t15-,23-/m0/s1. The summed E-state index contributed by atoms with van der Waals surface area (Å²) in [7, 11) is 1.43. The van der Waals surface area contributed by atoms with E-state index in [9.17, 15) is 14.7 Å². The van der Waals surface area contributed by atoms with Crippen LogP contribution in [0.25, 0.3) is 10.8 Å². The summed E-state index contributed by atoms with van der Waals surface area (Å²) in [5.74, 6) is -1.43. The maximum atomic E-state index is 12.7. The molecule has 0 aliphatic carbocycles. The first-order valence-electron chi connectivity index (χ1n) is 9.62. The molecule has 3 aromatic rings. The van der Waals surface area contributed by atoms with E-state index in [0.29, 0.717) is 11.3 Å². The van der Waals surface area contributed by atoms with Crippen LogP contribution in [0.2, 0.25) is 0 Å². The minimum atomic E-state index is -1.11. The molecule has 0 radical (unpaired) electrons. The van der Waals surface area contributed by atoms with Crippen molar-refractivity contribution in [2.45, 2.75) is 13.0 Å². The Bertz CT molecular complexity index is 1120. The molecule has 3 rings (SSSR count). The van der Waals surface area contributed by atoms with Crippen LogP contribution in [0.15, 0.2) is 72.8 Å². The Kier molecular flexibility index (Phi) is 6.77. The zero-order chi connectivity index (χ0) is 22.4. The van der Waals surface area contributed by atoms with Gasteiger partial charge in [0.15, 0.2) is 11.5 Å². The molecule has 1 amide bonds. The zero-order valence-corrected chi connectivity index (χ0v) is 17.1. The molecule has 0 bridgehead atoms. The highest BCUT2D eigenvalue weighted by atomic mass is 16.6. The Balaban J connectivity index is 1.87. The zero-order valence-electron chi connectivity index (χ0n) is 17.1. The maximum Gasteiger partial charge on any atom is 0.412 e. The third-order valence-corrected chi connectivity index (χ3v) is 4.81. The number of rotatable bonds is 7. The van der Waals surface area contributed by atoms with Crippen molar-refractivity contribution in [1.82, 2.24) is 0 Å². The van der Waals surface area contributed by atoms with E-state index in [1.54, 1.807) is 25.1 Å². The Morgan fingerprint density at radius 3 is 2.52 bits per heavy atom. The summed E-state index contributed by atoms with van der Waals surface area (Å²) in [4.78, 5) is 23.7. The number of nitrogens with one attached hydrogen (secondary N) is 1. The van der Waals surface area contributed by atoms with Crippen molar-refractivity contribution >= 4 is 28.5 Å². The molecule has 31 heavy (non-hydrogen) atoms. The smallest absolute Gasteiger partial charge is 0.412 e. The predicted molar refractivity (Wildman–Crippen MR) is 117 cm³/mol. The fraction of sp³-hybridized carbons (Fsp3) is 0.167. The topological polar surface area (TPSA) is 105 Å². The van der Waals surface area contributed by atoms with Crippen molar-refractivity contribution in [1.29, 1.82) is 0 Å². The molecule has 0 fully saturated rings. The van der Waals surface area contributed by atoms with Crippen LogP contribution in [0.3, 0.4) is 0 Å². The molecule has 0 aliphatic heterocycles. The molecule has 0 unspecified atom stereocenters. The number of carbonyl (C=O) groups is 2. The number of benzene rings is 3. The lowest BCUT2D eigenvalue weighted by atomic mass is 9.96. The molecular formula is C24H23NO6. The van der Waals surface area contributed by atoms with Gasteiger partial charge in [0.1, 0.15) is 6.10 Å². The molecule has 7 heteroatoms. The number of phenolic OH excluding ortho intramolecular Hbond substituents is 1. The van der Waals surface area contributed by atoms with Gasteiger partial charge in [0, 0.05) is 17.4 Å². The third-order valence-electron chi connectivity index (χ3n) is 4.81. The van der Waals surface area contributed by atoms with Crippen LogP contribution in [0, 0.1) is 5.92 Å². The second kappa shape index (κ2) is 9.67. The average Bonchev–Trinajstić information content (AvgIpc) is 2.76. The lowest BCUT2D eigenvalue weighted by molar-refractivity contribution is -0.131. The Labute approximate surface area is 179 Å². The van der Waals surface area contributed by atoms with E-state index in [1.165, 1.54) is 19.3 Å². The van der Waals surface area contributed by atoms with Gasteiger partial charge in [0.05, 0.1) is 12.8 Å². The summed E-state index contributed by atoms with van der Waals surface area (Å²) < 4.78 is 10.7. The second-order valence-electron chi connectivity index (χ2n) is 6.97. The minimum absolute atomic E-state index is 0.113. The number of amides is 1. The van der Waals surface area contributed by atoms with Crippen LogP contribution < -0.4 is 10.1 Å². The lowest BCUT2D eigenvalue weighted by Gasteiger charge is -2.23. The van der Waals surface area contributed by atoms with Crippen molar-refractivity contribution in [3.8, 4) is 11.5 Å². The quantitative estimate of drug-likeness (QED) is 0.457. The number of fused-ring (bicyclic) bond motifs is 1. The van der Waals surface area contributed by atoms with Gasteiger partial charge in [-0.25, -0.2) is 9.59 Å². The largest absolute Gasteiger partial charge is 0.504 e. The number of carbonyl (C=O) groups excluding carboxylic acids is 1. The first-order chi connectivity index (χ1) is 14.9. The van der Waals surface area contributed by atoms with Gasteiger partial charge in [0.2, 0.25) is 0 Å². The van der Waals surface area contributed by atoms with E-state index < -0.39 is 24.1 Å². The molecule has 0 spiro atoms. The van der Waals surface area contributed by atoms with Gasteiger partial charge >= 0.3 is 12.1 Å². The van der Waals surface area contributed by atoms with E-state index in [2.05, 4.69) is 5.32 Å². The van der Waals surface area contributed by atoms with Crippen LogP contribution >= 0.6 is 0 Å². The molecular weight excluding hydrogens is 398 g/mol. The Morgan fingerprint density at radius 1 is 1.06 bits per heavy atom. The summed E-state index contributed by atoms with van der Waals surface area (Å²) in [6.07, 6.45) is 0.876. The molecule has 0 saturated carbocycles. The molecule has 0 aliphatic rings. The number of anilines is 1. The van der Waals surface area contributed by atoms with Crippen molar-refractivity contribution in [3.63, 3.8) is 0 Å². The summed E-state index contributed by atoms with van der Waals surface area (Å²) in [6, 6.07) is 17.8. The minimum Gasteiger partial charge on any atom is -0.504 e. The lowest BCUT2D eigenvalue weighted by Crippen LogP contribution is -2.21. The molecule has 0 saturated heterocycles. The monoisotopic (exact) mass is 421 g/mol. The normalized spacial score (nSPS) is 13.0. The molecule has 3 N–H and O–H groups in total. The second-order valence-corrected chi connectivity index (χ2v) is 6.97. The molecule has 2 atom stereocenters. The molecule has 160 valence electrons. The number of aliphatic carboxylic acids is 1. The fourth-order valence-corrected chi connectivity index (χ4v) is 3.29. The number of phenols is 1. The van der Waals surface area contributed by atoms with Gasteiger partial charge in [-0.2, -0.15) is 0 Å². The first kappa shape index (κ1) is 21.7. The van der Waals surface area contributed by atoms with Crippen LogP contribution in [-0.4, -0.2) is 29.4 Å². The number of methoxy groups -OCH3 is 1. The van der Waals surface area contributed by atoms with E-state index in [-0.39, 0.29) is 11.5 Å². The predicted octanol–water partition coefficient (Wildman–Crippen LogP) is 5.12. The third kappa shape index (κ3) is 5.33. The Hall–Kier alpha value is -4.00. The van der Waals surface area contributed by atoms with Gasteiger partial charge in [-0.1, -0.05) is 55.5 Å². The summed E-state index contributed by atoms with van der Waals surface area (Å²) in [5.41, 5.74) is 1.09. The van der Waals surface area contributed by atoms with Gasteiger partial charge < -0.3 is 19.7 Å².